The third-order valence-electron chi connectivity index (χ3n) is 7.59. The first kappa shape index (κ1) is 23.0. The Morgan fingerprint density at radius 3 is 2.29 bits per heavy atom. The van der Waals surface area contributed by atoms with E-state index in [2.05, 4.69) is 49.1 Å². The van der Waals surface area contributed by atoms with E-state index in [4.69, 9.17) is 9.47 Å². The Bertz CT molecular complexity index is 1220. The molecule has 0 radical (unpaired) electrons. The Labute approximate surface area is 220 Å². The molecule has 3 fully saturated rings. The summed E-state index contributed by atoms with van der Waals surface area (Å²) >= 11 is 7.03. The van der Waals surface area contributed by atoms with Crippen LogP contribution in [0.3, 0.4) is 0 Å². The van der Waals surface area contributed by atoms with E-state index in [1.165, 1.54) is 0 Å². The number of hydrazone groups is 1. The number of allylic oxidation sites excluding steroid dienone is 2. The highest BCUT2D eigenvalue weighted by molar-refractivity contribution is 9.10. The van der Waals surface area contributed by atoms with Crippen molar-refractivity contribution >= 4 is 49.9 Å². The van der Waals surface area contributed by atoms with Gasteiger partial charge in [-0.3, -0.25) is 9.59 Å². The standard InChI is InChI=1S/C27H24Br2N2O4/c1-2-34-22-10-15(9-21(29)25(22)35-13-14-3-5-16(28)6-4-14)12-30-31-26(32)23-17-7-8-18(20-11-19(17)20)24(23)27(31)33/h3-10,12,17-20,23-24H,2,11,13H2,1H3/b30-12-/t17-,18-,19-,20-,23+,24+/m0/s1. The van der Waals surface area contributed by atoms with Crippen LogP contribution in [0.4, 0.5) is 0 Å². The molecule has 6 nitrogen and oxygen atoms in total. The molecule has 2 bridgehead atoms. The molecule has 7 rings (SSSR count). The van der Waals surface area contributed by atoms with Crippen molar-refractivity contribution in [3.8, 4) is 11.5 Å². The van der Waals surface area contributed by atoms with Gasteiger partial charge in [-0.1, -0.05) is 40.2 Å². The summed E-state index contributed by atoms with van der Waals surface area (Å²) in [5.41, 5.74) is 1.73. The minimum atomic E-state index is -0.251. The molecule has 180 valence electrons. The van der Waals surface area contributed by atoms with Crippen molar-refractivity contribution in [2.45, 2.75) is 20.0 Å². The number of nitrogens with zero attached hydrogens (tertiary/aromatic N) is 2. The number of ether oxygens (including phenoxy) is 2. The van der Waals surface area contributed by atoms with Crippen molar-refractivity contribution in [3.05, 3.63) is 68.6 Å². The van der Waals surface area contributed by atoms with Crippen molar-refractivity contribution in [2.24, 2.45) is 40.6 Å². The van der Waals surface area contributed by atoms with Gasteiger partial charge in [-0.15, -0.1) is 0 Å². The zero-order chi connectivity index (χ0) is 24.3. The Balaban J connectivity index is 1.21. The van der Waals surface area contributed by atoms with Gasteiger partial charge in [0.05, 0.1) is 29.1 Å². The van der Waals surface area contributed by atoms with Crippen molar-refractivity contribution < 1.29 is 19.1 Å². The molecule has 35 heavy (non-hydrogen) atoms. The van der Waals surface area contributed by atoms with Crippen molar-refractivity contribution in [1.29, 1.82) is 0 Å². The van der Waals surface area contributed by atoms with E-state index >= 15 is 0 Å². The van der Waals surface area contributed by atoms with Crippen LogP contribution in [0.1, 0.15) is 24.5 Å². The first-order valence-corrected chi connectivity index (χ1v) is 13.5. The Kier molecular flexibility index (Phi) is 5.84. The van der Waals surface area contributed by atoms with Gasteiger partial charge in [-0.05, 0) is 88.3 Å². The van der Waals surface area contributed by atoms with Gasteiger partial charge in [0.2, 0.25) is 0 Å². The molecule has 0 unspecified atom stereocenters. The molecule has 8 heteroatoms. The van der Waals surface area contributed by atoms with Crippen LogP contribution in [0, 0.1) is 35.5 Å². The number of halogens is 2. The molecule has 1 saturated heterocycles. The molecule has 5 aliphatic rings. The number of hydrogen-bond acceptors (Lipinski definition) is 5. The number of benzene rings is 2. The van der Waals surface area contributed by atoms with Gasteiger partial charge >= 0.3 is 0 Å². The number of rotatable bonds is 7. The third-order valence-corrected chi connectivity index (χ3v) is 8.71. The van der Waals surface area contributed by atoms with Gasteiger partial charge in [-0.2, -0.15) is 10.1 Å². The second kappa shape index (κ2) is 8.89. The lowest BCUT2D eigenvalue weighted by molar-refractivity contribution is -0.140. The molecule has 1 heterocycles. The zero-order valence-corrected chi connectivity index (χ0v) is 22.2. The summed E-state index contributed by atoms with van der Waals surface area (Å²) in [7, 11) is 0. The van der Waals surface area contributed by atoms with Gasteiger partial charge in [0, 0.05) is 4.47 Å². The average molecular weight is 600 g/mol. The maximum atomic E-state index is 13.2. The fraction of sp³-hybridized carbons (Fsp3) is 0.370. The predicted octanol–water partition coefficient (Wildman–Crippen LogP) is 5.58. The highest BCUT2D eigenvalue weighted by Crippen LogP contribution is 2.65. The van der Waals surface area contributed by atoms with Gasteiger partial charge in [0.1, 0.15) is 6.61 Å². The largest absolute Gasteiger partial charge is 0.490 e. The summed E-state index contributed by atoms with van der Waals surface area (Å²) < 4.78 is 13.6. The summed E-state index contributed by atoms with van der Waals surface area (Å²) in [6.07, 6.45) is 7.02. The van der Waals surface area contributed by atoms with Crippen LogP contribution in [-0.2, 0) is 16.2 Å². The van der Waals surface area contributed by atoms with E-state index in [1.807, 2.05) is 43.3 Å². The first-order chi connectivity index (χ1) is 17.0. The first-order valence-electron chi connectivity index (χ1n) is 11.9. The van der Waals surface area contributed by atoms with Gasteiger partial charge in [0.15, 0.2) is 11.5 Å². The number of amides is 2. The van der Waals surface area contributed by atoms with Crippen molar-refractivity contribution in [2.75, 3.05) is 6.61 Å². The number of hydrogen-bond donors (Lipinski definition) is 0. The molecule has 0 N–H and O–H groups in total. The highest BCUT2D eigenvalue weighted by Gasteiger charge is 2.67. The fourth-order valence-electron chi connectivity index (χ4n) is 5.98. The van der Waals surface area contributed by atoms with Gasteiger partial charge in [-0.25, -0.2) is 0 Å². The van der Waals surface area contributed by atoms with Crippen LogP contribution in [0.15, 0.2) is 62.6 Å². The molecule has 4 aliphatic carbocycles. The van der Waals surface area contributed by atoms with Gasteiger partial charge < -0.3 is 9.47 Å². The molecular weight excluding hydrogens is 576 g/mol. The maximum Gasteiger partial charge on any atom is 0.254 e. The molecule has 0 spiro atoms. The Hall–Kier alpha value is -2.45. The van der Waals surface area contributed by atoms with Crippen LogP contribution < -0.4 is 9.47 Å². The quantitative estimate of drug-likeness (QED) is 0.237. The van der Waals surface area contributed by atoms with Gasteiger partial charge in [0.25, 0.3) is 11.8 Å². The van der Waals surface area contributed by atoms with Crippen LogP contribution >= 0.6 is 31.9 Å². The summed E-state index contributed by atoms with van der Waals surface area (Å²) in [6, 6.07) is 11.6. The summed E-state index contributed by atoms with van der Waals surface area (Å²) in [5.74, 6) is 1.84. The smallest absolute Gasteiger partial charge is 0.254 e. The van der Waals surface area contributed by atoms with E-state index < -0.39 is 0 Å². The van der Waals surface area contributed by atoms with Crippen molar-refractivity contribution in [1.82, 2.24) is 5.01 Å². The van der Waals surface area contributed by atoms with E-state index in [9.17, 15) is 9.59 Å². The lowest BCUT2D eigenvalue weighted by Crippen LogP contribution is -2.40. The molecule has 0 aromatic heterocycles. The minimum Gasteiger partial charge on any atom is -0.490 e. The maximum absolute atomic E-state index is 13.2. The number of imide groups is 1. The number of carbonyl (C=O) groups excluding carboxylic acids is 2. The lowest BCUT2D eigenvalue weighted by atomic mass is 9.63. The van der Waals surface area contributed by atoms with E-state index in [0.29, 0.717) is 46.6 Å². The SMILES string of the molecule is CCOc1cc(/C=N\N2C(=O)[C@@H]3[C@H]4C=C[C@@H]([C@@H]5C[C@@H]45)[C@H]3C2=O)cc(Br)c1OCc1ccc(Br)cc1. The number of carbonyl (C=O) groups is 2. The Morgan fingerprint density at radius 2 is 1.66 bits per heavy atom. The average Bonchev–Trinajstić information content (AvgIpc) is 3.63. The van der Waals surface area contributed by atoms with Crippen LogP contribution in [0.2, 0.25) is 0 Å². The van der Waals surface area contributed by atoms with E-state index in [-0.39, 0.29) is 35.5 Å². The molecule has 1 aliphatic heterocycles. The Morgan fingerprint density at radius 1 is 1.00 bits per heavy atom. The zero-order valence-electron chi connectivity index (χ0n) is 19.1. The third kappa shape index (κ3) is 3.95. The molecule has 2 saturated carbocycles. The monoisotopic (exact) mass is 598 g/mol. The predicted molar refractivity (Wildman–Crippen MR) is 138 cm³/mol. The molecule has 2 amide bonds. The second-order valence-corrected chi connectivity index (χ2v) is 11.3. The normalized spacial score (nSPS) is 30.1. The lowest BCUT2D eigenvalue weighted by Gasteiger charge is -2.37. The summed E-state index contributed by atoms with van der Waals surface area (Å²) in [4.78, 5) is 26.3. The summed E-state index contributed by atoms with van der Waals surface area (Å²) in [5, 5.41) is 5.45. The van der Waals surface area contributed by atoms with Crippen molar-refractivity contribution in [3.63, 3.8) is 0 Å². The molecular formula is C27H24Br2N2O4. The fourth-order valence-corrected chi connectivity index (χ4v) is 6.82. The van der Waals surface area contributed by atoms with Crippen LogP contribution in [-0.4, -0.2) is 29.6 Å². The van der Waals surface area contributed by atoms with Crippen LogP contribution in [0.5, 0.6) is 11.5 Å². The summed E-state index contributed by atoms with van der Waals surface area (Å²) in [6.45, 7) is 2.76. The molecule has 6 atom stereocenters. The second-order valence-electron chi connectivity index (χ2n) is 9.57. The van der Waals surface area contributed by atoms with E-state index in [0.717, 1.165) is 21.5 Å². The molecule has 2 aromatic carbocycles. The van der Waals surface area contributed by atoms with E-state index in [1.54, 1.807) is 6.21 Å². The topological polar surface area (TPSA) is 68.2 Å². The highest BCUT2D eigenvalue weighted by atomic mass is 79.9. The molecule has 2 aromatic rings. The van der Waals surface area contributed by atoms with Crippen LogP contribution in [0.25, 0.3) is 0 Å². The minimum absolute atomic E-state index is 0.167.